The van der Waals surface area contributed by atoms with Gasteiger partial charge in [-0.1, -0.05) is 63.4 Å². The van der Waals surface area contributed by atoms with Gasteiger partial charge in [0.15, 0.2) is 0 Å². The Kier molecular flexibility index (Phi) is 7.33. The van der Waals surface area contributed by atoms with Crippen molar-refractivity contribution in [3.63, 3.8) is 0 Å². The van der Waals surface area contributed by atoms with Gasteiger partial charge in [0, 0.05) is 31.2 Å². The number of rotatable bonds is 8. The first-order chi connectivity index (χ1) is 14.7. The van der Waals surface area contributed by atoms with Crippen LogP contribution in [0.15, 0.2) is 48.5 Å². The Bertz CT molecular complexity index is 780. The highest BCUT2D eigenvalue weighted by molar-refractivity contribution is 5.45. The number of anilines is 1. The second-order valence-corrected chi connectivity index (χ2v) is 9.43. The van der Waals surface area contributed by atoms with Gasteiger partial charge >= 0.3 is 0 Å². The maximum absolute atomic E-state index is 6.47. The average molecular weight is 407 g/mol. The number of hydrogen-bond donors (Lipinski definition) is 2. The number of benzene rings is 2. The summed E-state index contributed by atoms with van der Waals surface area (Å²) in [6, 6.07) is 17.5. The van der Waals surface area contributed by atoms with Gasteiger partial charge in [-0.15, -0.1) is 0 Å². The molecule has 0 aromatic heterocycles. The lowest BCUT2D eigenvalue weighted by atomic mass is 9.79. The van der Waals surface area contributed by atoms with Crippen molar-refractivity contribution in [1.29, 1.82) is 0 Å². The highest BCUT2D eigenvalue weighted by Gasteiger charge is 2.33. The zero-order chi connectivity index (χ0) is 20.8. The smallest absolute Gasteiger partial charge is 0.123 e. The van der Waals surface area contributed by atoms with Gasteiger partial charge < -0.3 is 15.4 Å². The summed E-state index contributed by atoms with van der Waals surface area (Å²) in [5.41, 5.74) is 3.98. The van der Waals surface area contributed by atoms with Crippen LogP contribution in [0.1, 0.15) is 75.3 Å². The molecule has 2 aliphatic rings. The van der Waals surface area contributed by atoms with E-state index in [4.69, 9.17) is 4.74 Å². The maximum Gasteiger partial charge on any atom is 0.123 e. The van der Waals surface area contributed by atoms with E-state index < -0.39 is 0 Å². The molecule has 0 radical (unpaired) electrons. The van der Waals surface area contributed by atoms with E-state index in [1.165, 1.54) is 48.9 Å². The molecule has 1 saturated carbocycles. The van der Waals surface area contributed by atoms with Crippen molar-refractivity contribution < 1.29 is 4.74 Å². The SMILES string of the molecule is CC(C)c1ccc(NCCNCC2CC(C3CCCCC3)Oc3ccccc32)cc1. The summed E-state index contributed by atoms with van der Waals surface area (Å²) in [5, 5.41) is 7.24. The van der Waals surface area contributed by atoms with Crippen LogP contribution >= 0.6 is 0 Å². The molecule has 4 rings (SSSR count). The number of nitrogens with one attached hydrogen (secondary N) is 2. The predicted octanol–water partition coefficient (Wildman–Crippen LogP) is 6.33. The van der Waals surface area contributed by atoms with Crippen LogP contribution in [-0.2, 0) is 0 Å². The van der Waals surface area contributed by atoms with Crippen LogP contribution in [0.5, 0.6) is 5.75 Å². The second kappa shape index (κ2) is 10.3. The first-order valence-electron chi connectivity index (χ1n) is 12.0. The summed E-state index contributed by atoms with van der Waals surface area (Å²) >= 11 is 0. The minimum absolute atomic E-state index is 0.393. The van der Waals surface area contributed by atoms with Crippen LogP contribution < -0.4 is 15.4 Å². The molecule has 0 saturated heterocycles. The normalized spacial score (nSPS) is 21.8. The Morgan fingerprint density at radius 3 is 2.47 bits per heavy atom. The maximum atomic E-state index is 6.47. The largest absolute Gasteiger partial charge is 0.490 e. The number of ether oxygens (including phenoxy) is 1. The number of para-hydroxylation sites is 1. The van der Waals surface area contributed by atoms with Crippen molar-refractivity contribution in [3.8, 4) is 5.75 Å². The highest BCUT2D eigenvalue weighted by atomic mass is 16.5. The van der Waals surface area contributed by atoms with Crippen molar-refractivity contribution >= 4 is 5.69 Å². The lowest BCUT2D eigenvalue weighted by Crippen LogP contribution is -2.37. The van der Waals surface area contributed by atoms with E-state index in [2.05, 4.69) is 73.0 Å². The first kappa shape index (κ1) is 21.2. The third kappa shape index (κ3) is 5.37. The minimum atomic E-state index is 0.393. The number of fused-ring (bicyclic) bond motifs is 1. The Morgan fingerprint density at radius 2 is 1.70 bits per heavy atom. The van der Waals surface area contributed by atoms with Gasteiger partial charge in [-0.05, 0) is 60.4 Å². The Balaban J connectivity index is 1.27. The van der Waals surface area contributed by atoms with Gasteiger partial charge in [-0.25, -0.2) is 0 Å². The molecule has 1 aliphatic carbocycles. The lowest BCUT2D eigenvalue weighted by molar-refractivity contribution is 0.0776. The summed E-state index contributed by atoms with van der Waals surface area (Å²) < 4.78 is 6.47. The van der Waals surface area contributed by atoms with Crippen molar-refractivity contribution in [2.45, 2.75) is 70.3 Å². The molecule has 0 spiro atoms. The molecule has 2 unspecified atom stereocenters. The molecule has 3 heteroatoms. The molecule has 2 N–H and O–H groups in total. The highest BCUT2D eigenvalue weighted by Crippen LogP contribution is 2.41. The van der Waals surface area contributed by atoms with E-state index in [1.54, 1.807) is 0 Å². The fraction of sp³-hybridized carbons (Fsp3) is 0.556. The zero-order valence-electron chi connectivity index (χ0n) is 18.7. The van der Waals surface area contributed by atoms with Crippen molar-refractivity contribution in [3.05, 3.63) is 59.7 Å². The number of hydrogen-bond acceptors (Lipinski definition) is 3. The lowest BCUT2D eigenvalue weighted by Gasteiger charge is -2.38. The average Bonchev–Trinajstić information content (AvgIpc) is 2.79. The summed E-state index contributed by atoms with van der Waals surface area (Å²) in [4.78, 5) is 0. The molecule has 1 fully saturated rings. The van der Waals surface area contributed by atoms with Crippen LogP contribution in [0.4, 0.5) is 5.69 Å². The van der Waals surface area contributed by atoms with Crippen LogP contribution in [-0.4, -0.2) is 25.7 Å². The zero-order valence-corrected chi connectivity index (χ0v) is 18.7. The van der Waals surface area contributed by atoms with E-state index in [1.807, 2.05) is 0 Å². The molecule has 2 atom stereocenters. The molecular formula is C27H38N2O. The van der Waals surface area contributed by atoms with Gasteiger partial charge in [0.2, 0.25) is 0 Å². The molecule has 2 aromatic rings. The quantitative estimate of drug-likeness (QED) is 0.503. The minimum Gasteiger partial charge on any atom is -0.490 e. The predicted molar refractivity (Wildman–Crippen MR) is 127 cm³/mol. The third-order valence-corrected chi connectivity index (χ3v) is 6.93. The van der Waals surface area contributed by atoms with Gasteiger partial charge in [0.25, 0.3) is 0 Å². The molecule has 162 valence electrons. The van der Waals surface area contributed by atoms with E-state index in [0.717, 1.165) is 37.7 Å². The molecule has 1 heterocycles. The molecule has 1 aliphatic heterocycles. The molecule has 0 amide bonds. The van der Waals surface area contributed by atoms with E-state index in [0.29, 0.717) is 17.9 Å². The fourth-order valence-corrected chi connectivity index (χ4v) is 5.09. The van der Waals surface area contributed by atoms with Gasteiger partial charge in [0.1, 0.15) is 11.9 Å². The Morgan fingerprint density at radius 1 is 0.933 bits per heavy atom. The van der Waals surface area contributed by atoms with E-state index >= 15 is 0 Å². The second-order valence-electron chi connectivity index (χ2n) is 9.43. The molecule has 30 heavy (non-hydrogen) atoms. The fourth-order valence-electron chi connectivity index (χ4n) is 5.09. The van der Waals surface area contributed by atoms with Gasteiger partial charge in [-0.2, -0.15) is 0 Å². The van der Waals surface area contributed by atoms with Crippen LogP contribution in [0.2, 0.25) is 0 Å². The van der Waals surface area contributed by atoms with Crippen LogP contribution in [0, 0.1) is 5.92 Å². The molecule has 2 aromatic carbocycles. The standard InChI is InChI=1S/C27H38N2O/c1-20(2)21-12-14-24(15-13-21)29-17-16-28-19-23-18-27(22-8-4-3-5-9-22)30-26-11-7-6-10-25(23)26/h6-7,10-15,20,22-23,27-29H,3-5,8-9,16-19H2,1-2H3. The third-order valence-electron chi connectivity index (χ3n) is 6.93. The van der Waals surface area contributed by atoms with Crippen molar-refractivity contribution in [1.82, 2.24) is 5.32 Å². The molecule has 0 bridgehead atoms. The summed E-state index contributed by atoms with van der Waals surface area (Å²) in [5.74, 6) is 2.99. The first-order valence-corrected chi connectivity index (χ1v) is 12.0. The van der Waals surface area contributed by atoms with Gasteiger partial charge in [0.05, 0.1) is 0 Å². The molecule has 3 nitrogen and oxygen atoms in total. The van der Waals surface area contributed by atoms with Crippen molar-refractivity contribution in [2.75, 3.05) is 25.0 Å². The Labute approximate surface area is 182 Å². The molecular weight excluding hydrogens is 368 g/mol. The Hall–Kier alpha value is -2.00. The summed E-state index contributed by atoms with van der Waals surface area (Å²) in [7, 11) is 0. The van der Waals surface area contributed by atoms with E-state index in [-0.39, 0.29) is 0 Å². The van der Waals surface area contributed by atoms with Crippen LogP contribution in [0.25, 0.3) is 0 Å². The topological polar surface area (TPSA) is 33.3 Å². The van der Waals surface area contributed by atoms with Crippen molar-refractivity contribution in [2.24, 2.45) is 5.92 Å². The summed E-state index contributed by atoms with van der Waals surface area (Å²) in [6.07, 6.45) is 8.37. The van der Waals surface area contributed by atoms with Gasteiger partial charge in [-0.3, -0.25) is 0 Å². The summed E-state index contributed by atoms with van der Waals surface area (Å²) in [6.45, 7) is 7.41. The van der Waals surface area contributed by atoms with Crippen LogP contribution in [0.3, 0.4) is 0 Å². The van der Waals surface area contributed by atoms with E-state index in [9.17, 15) is 0 Å². The monoisotopic (exact) mass is 406 g/mol.